The van der Waals surface area contributed by atoms with Crippen LogP contribution in [0, 0.1) is 0 Å². The van der Waals surface area contributed by atoms with Gasteiger partial charge in [0.25, 0.3) is 0 Å². The molecule has 5 heteroatoms. The molecular weight excluding hydrogens is 288 g/mol. The van der Waals surface area contributed by atoms with Crippen molar-refractivity contribution in [1.82, 2.24) is 14.9 Å². The van der Waals surface area contributed by atoms with Crippen LogP contribution in [-0.2, 0) is 4.84 Å². The molecule has 3 aliphatic heterocycles. The molecule has 0 atom stereocenters. The summed E-state index contributed by atoms with van der Waals surface area (Å²) in [7, 11) is 1.71. The molecule has 3 aliphatic rings. The van der Waals surface area contributed by atoms with E-state index in [2.05, 4.69) is 30.6 Å². The van der Waals surface area contributed by atoms with E-state index >= 15 is 0 Å². The maximum Gasteiger partial charge on any atom is 0.137 e. The molecule has 0 fully saturated rings. The first-order valence-corrected chi connectivity index (χ1v) is 8.65. The number of hydroxylamine groups is 2. The third-order valence-electron chi connectivity index (χ3n) is 4.90. The van der Waals surface area contributed by atoms with Gasteiger partial charge in [0, 0.05) is 13.1 Å². The summed E-state index contributed by atoms with van der Waals surface area (Å²) in [5.74, 6) is 1.25. The molecule has 0 N–H and O–H groups in total. The predicted octanol–water partition coefficient (Wildman–Crippen LogP) is 3.45. The zero-order valence-corrected chi connectivity index (χ0v) is 14.8. The van der Waals surface area contributed by atoms with E-state index in [0.29, 0.717) is 0 Å². The minimum atomic E-state index is 0.731. The highest BCUT2D eigenvalue weighted by molar-refractivity contribution is 5.82. The van der Waals surface area contributed by atoms with Crippen molar-refractivity contribution in [1.29, 1.82) is 0 Å². The SMILES string of the molecule is CCCCCCN1CC(C)=C(C)C2=C1N1CN(OC)C=C1C=N2. The van der Waals surface area contributed by atoms with Crippen LogP contribution in [0.4, 0.5) is 0 Å². The van der Waals surface area contributed by atoms with Crippen molar-refractivity contribution >= 4 is 6.21 Å². The molecule has 0 aliphatic carbocycles. The molecule has 0 radical (unpaired) electrons. The second kappa shape index (κ2) is 6.79. The van der Waals surface area contributed by atoms with E-state index in [9.17, 15) is 0 Å². The lowest BCUT2D eigenvalue weighted by molar-refractivity contribution is -0.0971. The minimum Gasteiger partial charge on any atom is -0.352 e. The van der Waals surface area contributed by atoms with Gasteiger partial charge in [0.1, 0.15) is 18.2 Å². The largest absolute Gasteiger partial charge is 0.352 e. The summed E-state index contributed by atoms with van der Waals surface area (Å²) >= 11 is 0. The van der Waals surface area contributed by atoms with Gasteiger partial charge in [-0.05, 0) is 31.4 Å². The summed E-state index contributed by atoms with van der Waals surface area (Å²) in [6.07, 6.45) is 9.10. The number of nitrogens with zero attached hydrogens (tertiary/aromatic N) is 4. The van der Waals surface area contributed by atoms with E-state index in [1.807, 2.05) is 17.5 Å². The Morgan fingerprint density at radius 2 is 2.04 bits per heavy atom. The smallest absolute Gasteiger partial charge is 0.137 e. The number of unbranched alkanes of at least 4 members (excludes halogenated alkanes) is 3. The molecule has 0 bridgehead atoms. The molecule has 0 unspecified atom stereocenters. The Kier molecular flexibility index (Phi) is 4.76. The Hall–Kier alpha value is -1.75. The third-order valence-corrected chi connectivity index (χ3v) is 4.90. The lowest BCUT2D eigenvalue weighted by Crippen LogP contribution is -2.42. The quantitative estimate of drug-likeness (QED) is 0.702. The molecule has 0 aromatic rings. The lowest BCUT2D eigenvalue weighted by Gasteiger charge is -2.40. The van der Waals surface area contributed by atoms with Crippen LogP contribution in [0.15, 0.2) is 39.6 Å². The van der Waals surface area contributed by atoms with E-state index in [1.54, 1.807) is 7.11 Å². The summed E-state index contributed by atoms with van der Waals surface area (Å²) in [6.45, 7) is 9.50. The number of aliphatic imine (C=N–C) groups is 1. The van der Waals surface area contributed by atoms with E-state index in [1.165, 1.54) is 42.7 Å². The van der Waals surface area contributed by atoms with Gasteiger partial charge in [-0.25, -0.2) is 5.06 Å². The molecular formula is C18H28N4O. The van der Waals surface area contributed by atoms with Crippen molar-refractivity contribution in [2.45, 2.75) is 46.5 Å². The Bertz CT molecular complexity index is 588. The van der Waals surface area contributed by atoms with Gasteiger partial charge in [-0.3, -0.25) is 9.83 Å². The van der Waals surface area contributed by atoms with Crippen molar-refractivity contribution in [2.75, 3.05) is 26.9 Å². The normalized spacial score (nSPS) is 20.3. The second-order valence-corrected chi connectivity index (χ2v) is 6.54. The van der Waals surface area contributed by atoms with Crippen LogP contribution in [0.25, 0.3) is 0 Å². The van der Waals surface area contributed by atoms with Crippen molar-refractivity contribution in [3.8, 4) is 0 Å². The first-order valence-electron chi connectivity index (χ1n) is 8.65. The van der Waals surface area contributed by atoms with Gasteiger partial charge in [-0.15, -0.1) is 0 Å². The molecule has 3 heterocycles. The van der Waals surface area contributed by atoms with Gasteiger partial charge in [-0.1, -0.05) is 26.2 Å². The molecule has 0 saturated heterocycles. The van der Waals surface area contributed by atoms with Gasteiger partial charge in [0.2, 0.25) is 0 Å². The zero-order valence-electron chi connectivity index (χ0n) is 14.8. The highest BCUT2D eigenvalue weighted by Crippen LogP contribution is 2.36. The highest BCUT2D eigenvalue weighted by Gasteiger charge is 2.34. The fourth-order valence-corrected chi connectivity index (χ4v) is 3.38. The Morgan fingerprint density at radius 3 is 2.78 bits per heavy atom. The number of allylic oxidation sites excluding steroid dienone is 2. The second-order valence-electron chi connectivity index (χ2n) is 6.54. The van der Waals surface area contributed by atoms with Crippen LogP contribution in [0.3, 0.4) is 0 Å². The number of hydrogen-bond donors (Lipinski definition) is 0. The highest BCUT2D eigenvalue weighted by atomic mass is 16.7. The van der Waals surface area contributed by atoms with Crippen molar-refractivity contribution < 1.29 is 4.84 Å². The molecule has 0 saturated carbocycles. The predicted molar refractivity (Wildman–Crippen MR) is 93.2 cm³/mol. The Labute approximate surface area is 139 Å². The van der Waals surface area contributed by atoms with Crippen LogP contribution in [0.1, 0.15) is 46.5 Å². The van der Waals surface area contributed by atoms with Crippen LogP contribution in [-0.4, -0.2) is 47.9 Å². The Balaban J connectivity index is 1.84. The number of hydrogen-bond acceptors (Lipinski definition) is 5. The van der Waals surface area contributed by atoms with Crippen LogP contribution >= 0.6 is 0 Å². The number of rotatable bonds is 6. The van der Waals surface area contributed by atoms with Crippen LogP contribution < -0.4 is 0 Å². The minimum absolute atomic E-state index is 0.731. The standard InChI is InChI=1S/C18H28N4O/c1-5-6-7-8-9-20-11-14(2)15(3)17-18(20)22-13-21(23-4)12-16(22)10-19-17/h10,12H,5-9,11,13H2,1-4H3. The van der Waals surface area contributed by atoms with Crippen molar-refractivity contribution in [3.63, 3.8) is 0 Å². The number of fused-ring (bicyclic) bond motifs is 2. The molecule has 0 amide bonds. The van der Waals surface area contributed by atoms with E-state index in [-0.39, 0.29) is 0 Å². The maximum atomic E-state index is 5.38. The molecule has 5 nitrogen and oxygen atoms in total. The summed E-state index contributed by atoms with van der Waals surface area (Å²) < 4.78 is 0. The van der Waals surface area contributed by atoms with Gasteiger partial charge >= 0.3 is 0 Å². The maximum absolute atomic E-state index is 5.38. The van der Waals surface area contributed by atoms with Crippen molar-refractivity contribution in [3.05, 3.63) is 34.6 Å². The van der Waals surface area contributed by atoms with E-state index in [4.69, 9.17) is 9.83 Å². The fourth-order valence-electron chi connectivity index (χ4n) is 3.38. The molecule has 0 aromatic heterocycles. The topological polar surface area (TPSA) is 31.3 Å². The zero-order chi connectivity index (χ0) is 16.4. The Morgan fingerprint density at radius 1 is 1.22 bits per heavy atom. The third kappa shape index (κ3) is 3.02. The monoisotopic (exact) mass is 316 g/mol. The molecule has 3 rings (SSSR count). The van der Waals surface area contributed by atoms with Gasteiger partial charge in [0.15, 0.2) is 0 Å². The van der Waals surface area contributed by atoms with E-state index in [0.717, 1.165) is 31.2 Å². The van der Waals surface area contributed by atoms with Crippen molar-refractivity contribution in [2.24, 2.45) is 4.99 Å². The van der Waals surface area contributed by atoms with Gasteiger partial charge in [-0.2, -0.15) is 0 Å². The fraction of sp³-hybridized carbons (Fsp3) is 0.611. The first kappa shape index (κ1) is 16.1. The summed E-state index contributed by atoms with van der Waals surface area (Å²) in [6, 6.07) is 0. The van der Waals surface area contributed by atoms with Gasteiger partial charge in [0.05, 0.1) is 25.2 Å². The summed E-state index contributed by atoms with van der Waals surface area (Å²) in [5.41, 5.74) is 4.97. The van der Waals surface area contributed by atoms with Crippen LogP contribution in [0.5, 0.6) is 0 Å². The average molecular weight is 316 g/mol. The molecule has 126 valence electrons. The first-order chi connectivity index (χ1) is 11.2. The van der Waals surface area contributed by atoms with Gasteiger partial charge < -0.3 is 9.80 Å². The lowest BCUT2D eigenvalue weighted by atomic mass is 10.0. The molecule has 0 spiro atoms. The summed E-state index contributed by atoms with van der Waals surface area (Å²) in [4.78, 5) is 14.9. The molecule has 0 aromatic carbocycles. The average Bonchev–Trinajstić information content (AvgIpc) is 2.98. The summed E-state index contributed by atoms with van der Waals surface area (Å²) in [5, 5.41) is 1.85. The van der Waals surface area contributed by atoms with E-state index < -0.39 is 0 Å². The van der Waals surface area contributed by atoms with Crippen LogP contribution in [0.2, 0.25) is 0 Å². The molecule has 23 heavy (non-hydrogen) atoms.